The molecule has 0 aliphatic carbocycles. The van der Waals surface area contributed by atoms with Gasteiger partial charge in [0, 0.05) is 18.5 Å². The molecule has 1 saturated heterocycles. The van der Waals surface area contributed by atoms with E-state index < -0.39 is 6.10 Å². The molecule has 5 heteroatoms. The smallest absolute Gasteiger partial charge is 0.273 e. The van der Waals surface area contributed by atoms with Crippen LogP contribution in [-0.2, 0) is 0 Å². The van der Waals surface area contributed by atoms with E-state index in [4.69, 9.17) is 0 Å². The zero-order valence-electron chi connectivity index (χ0n) is 12.6. The van der Waals surface area contributed by atoms with Crippen molar-refractivity contribution in [1.29, 1.82) is 0 Å². The van der Waals surface area contributed by atoms with Crippen LogP contribution in [-0.4, -0.2) is 34.0 Å². The number of rotatable bonds is 3. The number of carbonyl (C=O) groups excluding carboxylic acids is 1. The summed E-state index contributed by atoms with van der Waals surface area (Å²) < 4.78 is 0. The van der Waals surface area contributed by atoms with Gasteiger partial charge in [-0.05, 0) is 31.2 Å². The molecular formula is C17H20N2O2S. The Bertz CT molecular complexity index is 633. The molecule has 22 heavy (non-hydrogen) atoms. The van der Waals surface area contributed by atoms with Gasteiger partial charge in [0.2, 0.25) is 0 Å². The third kappa shape index (κ3) is 3.20. The standard InChI is InChI=1S/C17H20N2O2S/c1-12-18-15(11-22-12)17(21)19-9-7-14(8-10-19)16(20)13-5-3-2-4-6-13/h2-6,11,14,16,20H,7-10H2,1H3/t16-/m0/s1. The Morgan fingerprint density at radius 2 is 2.00 bits per heavy atom. The number of carbonyl (C=O) groups is 1. The lowest BCUT2D eigenvalue weighted by Gasteiger charge is -2.34. The lowest BCUT2D eigenvalue weighted by atomic mass is 9.87. The summed E-state index contributed by atoms with van der Waals surface area (Å²) in [5, 5.41) is 13.2. The number of nitrogens with zero attached hydrogens (tertiary/aromatic N) is 2. The summed E-state index contributed by atoms with van der Waals surface area (Å²) in [6, 6.07) is 9.76. The van der Waals surface area contributed by atoms with Crippen LogP contribution in [0, 0.1) is 12.8 Å². The van der Waals surface area contributed by atoms with Gasteiger partial charge in [0.15, 0.2) is 0 Å². The molecule has 0 unspecified atom stereocenters. The number of aryl methyl sites for hydroxylation is 1. The summed E-state index contributed by atoms with van der Waals surface area (Å²) in [5.41, 5.74) is 1.51. The number of aliphatic hydroxyl groups is 1. The maximum Gasteiger partial charge on any atom is 0.273 e. The fraction of sp³-hybridized carbons (Fsp3) is 0.412. The number of hydrogen-bond acceptors (Lipinski definition) is 4. The number of amides is 1. The first-order valence-electron chi connectivity index (χ1n) is 7.59. The van der Waals surface area contributed by atoms with Crippen molar-refractivity contribution in [2.45, 2.75) is 25.9 Å². The summed E-state index contributed by atoms with van der Waals surface area (Å²) >= 11 is 1.50. The van der Waals surface area contributed by atoms with Crippen LogP contribution in [0.1, 0.15) is 40.0 Å². The van der Waals surface area contributed by atoms with Gasteiger partial charge in [-0.15, -0.1) is 11.3 Å². The van der Waals surface area contributed by atoms with E-state index in [1.165, 1.54) is 11.3 Å². The van der Waals surface area contributed by atoms with E-state index >= 15 is 0 Å². The molecule has 0 bridgehead atoms. The van der Waals surface area contributed by atoms with Crippen molar-refractivity contribution in [3.8, 4) is 0 Å². The predicted octanol–water partition coefficient (Wildman–Crippen LogP) is 3.04. The van der Waals surface area contributed by atoms with E-state index in [2.05, 4.69) is 4.98 Å². The van der Waals surface area contributed by atoms with Crippen LogP contribution in [0.25, 0.3) is 0 Å². The molecule has 2 aromatic rings. The van der Waals surface area contributed by atoms with Crippen molar-refractivity contribution < 1.29 is 9.90 Å². The Balaban J connectivity index is 1.59. The molecular weight excluding hydrogens is 296 g/mol. The molecule has 2 heterocycles. The quantitative estimate of drug-likeness (QED) is 0.947. The normalized spacial score (nSPS) is 17.5. The fourth-order valence-electron chi connectivity index (χ4n) is 2.96. The van der Waals surface area contributed by atoms with Gasteiger partial charge in [-0.25, -0.2) is 4.98 Å². The molecule has 0 saturated carbocycles. The van der Waals surface area contributed by atoms with E-state index in [1.54, 1.807) is 0 Å². The van der Waals surface area contributed by atoms with E-state index in [0.717, 1.165) is 23.4 Å². The molecule has 0 radical (unpaired) electrons. The van der Waals surface area contributed by atoms with Gasteiger partial charge >= 0.3 is 0 Å². The second-order valence-corrected chi connectivity index (χ2v) is 6.80. The van der Waals surface area contributed by atoms with Crippen molar-refractivity contribution in [2.75, 3.05) is 13.1 Å². The summed E-state index contributed by atoms with van der Waals surface area (Å²) in [6.07, 6.45) is 1.20. The van der Waals surface area contributed by atoms with Gasteiger partial charge in [-0.1, -0.05) is 30.3 Å². The highest BCUT2D eigenvalue weighted by Gasteiger charge is 2.29. The zero-order valence-corrected chi connectivity index (χ0v) is 13.4. The third-order valence-electron chi connectivity index (χ3n) is 4.25. The molecule has 3 rings (SSSR count). The fourth-order valence-corrected chi connectivity index (χ4v) is 3.55. The molecule has 1 aromatic heterocycles. The van der Waals surface area contributed by atoms with Crippen LogP contribution in [0.2, 0.25) is 0 Å². The van der Waals surface area contributed by atoms with Gasteiger partial charge < -0.3 is 10.0 Å². The Kier molecular flexibility index (Phi) is 4.55. The van der Waals surface area contributed by atoms with Crippen LogP contribution >= 0.6 is 11.3 Å². The second kappa shape index (κ2) is 6.58. The molecule has 1 N–H and O–H groups in total. The molecule has 1 fully saturated rings. The maximum atomic E-state index is 12.4. The SMILES string of the molecule is Cc1nc(C(=O)N2CCC([C@@H](O)c3ccccc3)CC2)cs1. The highest BCUT2D eigenvalue weighted by Crippen LogP contribution is 2.31. The Labute approximate surface area is 134 Å². The minimum Gasteiger partial charge on any atom is -0.388 e. The van der Waals surface area contributed by atoms with E-state index in [-0.39, 0.29) is 11.8 Å². The average molecular weight is 316 g/mol. The van der Waals surface area contributed by atoms with Gasteiger partial charge in [0.25, 0.3) is 5.91 Å². The summed E-state index contributed by atoms with van der Waals surface area (Å²) in [5.74, 6) is 0.223. The van der Waals surface area contributed by atoms with Gasteiger partial charge in [-0.3, -0.25) is 4.79 Å². The average Bonchev–Trinajstić information content (AvgIpc) is 3.01. The molecule has 0 spiro atoms. The first kappa shape index (κ1) is 15.2. The zero-order chi connectivity index (χ0) is 15.5. The van der Waals surface area contributed by atoms with Crippen molar-refractivity contribution >= 4 is 17.2 Å². The topological polar surface area (TPSA) is 53.4 Å². The first-order valence-corrected chi connectivity index (χ1v) is 8.47. The number of likely N-dealkylation sites (tertiary alicyclic amines) is 1. The number of aromatic nitrogens is 1. The van der Waals surface area contributed by atoms with Crippen molar-refractivity contribution in [3.63, 3.8) is 0 Å². The Hall–Kier alpha value is -1.72. The molecule has 1 aromatic carbocycles. The van der Waals surface area contributed by atoms with Crippen LogP contribution in [0.4, 0.5) is 0 Å². The number of piperidine rings is 1. The highest BCUT2D eigenvalue weighted by molar-refractivity contribution is 7.09. The maximum absolute atomic E-state index is 12.4. The lowest BCUT2D eigenvalue weighted by Crippen LogP contribution is -2.39. The third-order valence-corrected chi connectivity index (χ3v) is 5.03. The largest absolute Gasteiger partial charge is 0.388 e. The van der Waals surface area contributed by atoms with Crippen molar-refractivity contribution in [1.82, 2.24) is 9.88 Å². The van der Waals surface area contributed by atoms with Gasteiger partial charge in [-0.2, -0.15) is 0 Å². The molecule has 4 nitrogen and oxygen atoms in total. The number of thiazole rings is 1. The summed E-state index contributed by atoms with van der Waals surface area (Å²) in [4.78, 5) is 18.5. The van der Waals surface area contributed by atoms with Gasteiger partial charge in [0.1, 0.15) is 5.69 Å². The van der Waals surface area contributed by atoms with Crippen LogP contribution < -0.4 is 0 Å². The van der Waals surface area contributed by atoms with Crippen molar-refractivity contribution in [2.24, 2.45) is 5.92 Å². The van der Waals surface area contributed by atoms with Crippen LogP contribution in [0.5, 0.6) is 0 Å². The second-order valence-electron chi connectivity index (χ2n) is 5.74. The Morgan fingerprint density at radius 3 is 2.59 bits per heavy atom. The summed E-state index contributed by atoms with van der Waals surface area (Å²) in [6.45, 7) is 3.28. The number of benzene rings is 1. The van der Waals surface area contributed by atoms with E-state index in [0.29, 0.717) is 18.8 Å². The summed E-state index contributed by atoms with van der Waals surface area (Å²) in [7, 11) is 0. The predicted molar refractivity (Wildman–Crippen MR) is 86.9 cm³/mol. The Morgan fingerprint density at radius 1 is 1.32 bits per heavy atom. The molecule has 1 amide bonds. The van der Waals surface area contributed by atoms with Crippen LogP contribution in [0.15, 0.2) is 35.7 Å². The van der Waals surface area contributed by atoms with E-state index in [9.17, 15) is 9.90 Å². The first-order chi connectivity index (χ1) is 10.6. The molecule has 1 atom stereocenters. The number of hydrogen-bond donors (Lipinski definition) is 1. The van der Waals surface area contributed by atoms with Gasteiger partial charge in [0.05, 0.1) is 11.1 Å². The highest BCUT2D eigenvalue weighted by atomic mass is 32.1. The minimum absolute atomic E-state index is 0.0111. The molecule has 116 valence electrons. The molecule has 1 aliphatic rings. The van der Waals surface area contributed by atoms with E-state index in [1.807, 2.05) is 47.5 Å². The monoisotopic (exact) mass is 316 g/mol. The molecule has 1 aliphatic heterocycles. The minimum atomic E-state index is -0.444. The lowest BCUT2D eigenvalue weighted by molar-refractivity contribution is 0.0459. The number of aliphatic hydroxyl groups excluding tert-OH is 1. The van der Waals surface area contributed by atoms with Crippen molar-refractivity contribution in [3.05, 3.63) is 52.0 Å². The van der Waals surface area contributed by atoms with Crippen LogP contribution in [0.3, 0.4) is 0 Å².